The van der Waals surface area contributed by atoms with E-state index in [1.165, 1.54) is 167 Å². The third-order valence-electron chi connectivity index (χ3n) is 19.2. The molecule has 2 aliphatic rings. The molecule has 12 unspecified atom stereocenters. The van der Waals surface area contributed by atoms with Crippen LogP contribution in [0.1, 0.15) is 322 Å². The Balaban J connectivity index is 1.62. The Bertz CT molecular complexity index is 2150. The van der Waals surface area contributed by atoms with Crippen LogP contribution in [0.3, 0.4) is 0 Å². The van der Waals surface area contributed by atoms with Gasteiger partial charge < -0.3 is 65.1 Å². The number of rotatable bonds is 67. The number of nitrogens with one attached hydrogen (secondary N) is 1. The normalized spacial score (nSPS) is 22.5. The smallest absolute Gasteiger partial charge is 0.220 e. The number of carbonyl (C=O) groups excluding carboxylic acids is 1. The summed E-state index contributed by atoms with van der Waals surface area (Å²) in [5.41, 5.74) is 0. The fourth-order valence-corrected chi connectivity index (χ4v) is 12.8. The van der Waals surface area contributed by atoms with Crippen LogP contribution in [0.15, 0.2) is 122 Å². The van der Waals surface area contributed by atoms with E-state index in [4.69, 9.17) is 18.9 Å². The summed E-state index contributed by atoms with van der Waals surface area (Å²) in [4.78, 5) is 13.4. The van der Waals surface area contributed by atoms with Gasteiger partial charge in [-0.15, -0.1) is 0 Å². The van der Waals surface area contributed by atoms with Gasteiger partial charge in [0, 0.05) is 6.42 Å². The van der Waals surface area contributed by atoms with Crippen LogP contribution in [0, 0.1) is 0 Å². The summed E-state index contributed by atoms with van der Waals surface area (Å²) in [6.07, 6.45) is 83.7. The summed E-state index contributed by atoms with van der Waals surface area (Å²) in [7, 11) is 0. The van der Waals surface area contributed by atoms with Crippen LogP contribution in [0.4, 0.5) is 0 Å². The minimum Gasteiger partial charge on any atom is -0.394 e. The number of ether oxygens (including phenoxy) is 4. The summed E-state index contributed by atoms with van der Waals surface area (Å²) >= 11 is 0. The second-order valence-electron chi connectivity index (χ2n) is 28.2. The number of aliphatic hydroxyl groups excluding tert-OH is 8. The molecule has 1 amide bonds. The van der Waals surface area contributed by atoms with Crippen molar-refractivity contribution in [3.63, 3.8) is 0 Å². The van der Waals surface area contributed by atoms with Crippen LogP contribution in [0.2, 0.25) is 0 Å². The molecule has 0 aromatic rings. The van der Waals surface area contributed by atoms with Gasteiger partial charge in [0.2, 0.25) is 5.91 Å². The zero-order valence-corrected chi connectivity index (χ0v) is 63.2. The molecule has 0 aromatic carbocycles. The summed E-state index contributed by atoms with van der Waals surface area (Å²) in [5, 5.41) is 87.9. The maximum absolute atomic E-state index is 13.4. The minimum absolute atomic E-state index is 0.216. The molecule has 0 radical (unpaired) electrons. The molecule has 0 aromatic heterocycles. The first-order valence-electron chi connectivity index (χ1n) is 40.8. The largest absolute Gasteiger partial charge is 0.394 e. The lowest BCUT2D eigenvalue weighted by Gasteiger charge is -2.46. The van der Waals surface area contributed by atoms with E-state index in [0.29, 0.717) is 12.8 Å². The number of carbonyl (C=O) groups is 1. The fraction of sp³-hybridized carbons (Fsp3) is 0.756. The lowest BCUT2D eigenvalue weighted by molar-refractivity contribution is -0.359. The average Bonchev–Trinajstić information content (AvgIpc) is 0.796. The van der Waals surface area contributed by atoms with Crippen LogP contribution < -0.4 is 5.32 Å². The highest BCUT2D eigenvalue weighted by molar-refractivity contribution is 5.76. The first kappa shape index (κ1) is 92.5. The van der Waals surface area contributed by atoms with Gasteiger partial charge in [-0.05, 0) is 89.9 Å². The van der Waals surface area contributed by atoms with Crippen molar-refractivity contribution in [1.29, 1.82) is 0 Å². The van der Waals surface area contributed by atoms with Crippen LogP contribution in [-0.4, -0.2) is 140 Å². The quantitative estimate of drug-likeness (QED) is 0.0204. The zero-order valence-electron chi connectivity index (χ0n) is 63.2. The third kappa shape index (κ3) is 50.7. The van der Waals surface area contributed by atoms with Crippen molar-refractivity contribution in [2.75, 3.05) is 19.8 Å². The highest BCUT2D eigenvalue weighted by Gasteiger charge is 2.51. The van der Waals surface area contributed by atoms with Gasteiger partial charge >= 0.3 is 0 Å². The molecule has 0 bridgehead atoms. The van der Waals surface area contributed by atoms with E-state index < -0.39 is 86.8 Å². The van der Waals surface area contributed by atoms with E-state index in [-0.39, 0.29) is 18.9 Å². The monoisotopic (exact) mass is 1400 g/mol. The maximum Gasteiger partial charge on any atom is 0.220 e. The molecule has 2 rings (SSSR count). The molecule has 14 heteroatoms. The molecule has 100 heavy (non-hydrogen) atoms. The molecule has 9 N–H and O–H groups in total. The molecular weight excluding hydrogens is 1250 g/mol. The second kappa shape index (κ2) is 68.5. The topological polar surface area (TPSA) is 228 Å². The number of unbranched alkanes of at least 4 members (excludes halogenated alkanes) is 34. The maximum atomic E-state index is 13.4. The van der Waals surface area contributed by atoms with Gasteiger partial charge in [-0.3, -0.25) is 4.79 Å². The Hall–Kier alpha value is -3.61. The van der Waals surface area contributed by atoms with Crippen molar-refractivity contribution >= 4 is 5.91 Å². The molecule has 2 fully saturated rings. The molecule has 2 heterocycles. The number of hydrogen-bond acceptors (Lipinski definition) is 13. The first-order chi connectivity index (χ1) is 49.1. The lowest BCUT2D eigenvalue weighted by Crippen LogP contribution is -2.65. The SMILES string of the molecule is CC/C=C\C/C=C\C/C=C\C/C=C\C/C=C\C/C=C\C/C=C\C/C=C\C/C=C\C/C=C\CCCCCCCCCCC(=O)NC(COC1OC(CO)C(OC2OC(CO)C(O)C(O)C2O)C(O)C1O)C(O)CCCCCCCCCCCCCCCCCCCCCCCCCCCCC. The molecule has 2 aliphatic heterocycles. The molecule has 2 saturated heterocycles. The van der Waals surface area contributed by atoms with Gasteiger partial charge in [0.15, 0.2) is 12.6 Å². The van der Waals surface area contributed by atoms with Crippen molar-refractivity contribution in [3.8, 4) is 0 Å². The molecule has 12 atom stereocenters. The van der Waals surface area contributed by atoms with Crippen molar-refractivity contribution in [2.45, 2.75) is 396 Å². The summed E-state index contributed by atoms with van der Waals surface area (Å²) in [5.74, 6) is -0.216. The summed E-state index contributed by atoms with van der Waals surface area (Å²) < 4.78 is 23.0. The molecule has 14 nitrogen and oxygen atoms in total. The number of hydrogen-bond donors (Lipinski definition) is 9. The highest BCUT2D eigenvalue weighted by atomic mass is 16.7. The van der Waals surface area contributed by atoms with Crippen LogP contribution in [-0.2, 0) is 23.7 Å². The van der Waals surface area contributed by atoms with Crippen LogP contribution in [0.25, 0.3) is 0 Å². The predicted octanol–water partition coefficient (Wildman–Crippen LogP) is 18.8. The third-order valence-corrected chi connectivity index (χ3v) is 19.2. The molecule has 576 valence electrons. The summed E-state index contributed by atoms with van der Waals surface area (Å²) in [6, 6.07) is -0.844. The van der Waals surface area contributed by atoms with Crippen molar-refractivity contribution < 1.29 is 64.6 Å². The molecule has 0 aliphatic carbocycles. The van der Waals surface area contributed by atoms with Gasteiger partial charge in [0.1, 0.15) is 48.8 Å². The first-order valence-corrected chi connectivity index (χ1v) is 40.8. The Kier molecular flexibility index (Phi) is 63.3. The average molecular weight is 1410 g/mol. The predicted molar refractivity (Wildman–Crippen MR) is 415 cm³/mol. The van der Waals surface area contributed by atoms with E-state index in [9.17, 15) is 45.6 Å². The summed E-state index contributed by atoms with van der Waals surface area (Å²) in [6.45, 7) is 2.78. The highest BCUT2D eigenvalue weighted by Crippen LogP contribution is 2.30. The van der Waals surface area contributed by atoms with Gasteiger partial charge in [-0.25, -0.2) is 0 Å². The van der Waals surface area contributed by atoms with Gasteiger partial charge in [-0.1, -0.05) is 347 Å². The molecular formula is C86H149NO13. The number of aliphatic hydroxyl groups is 8. The van der Waals surface area contributed by atoms with E-state index >= 15 is 0 Å². The molecule has 0 spiro atoms. The lowest BCUT2D eigenvalue weighted by atomic mass is 9.97. The van der Waals surface area contributed by atoms with Crippen LogP contribution >= 0.6 is 0 Å². The Morgan fingerprint density at radius 1 is 0.370 bits per heavy atom. The van der Waals surface area contributed by atoms with E-state index in [1.54, 1.807) is 0 Å². The van der Waals surface area contributed by atoms with Crippen molar-refractivity contribution in [3.05, 3.63) is 122 Å². The number of allylic oxidation sites excluding steroid dienone is 20. The van der Waals surface area contributed by atoms with E-state index in [0.717, 1.165) is 122 Å². The zero-order chi connectivity index (χ0) is 72.2. The van der Waals surface area contributed by atoms with Gasteiger partial charge in [0.05, 0.1) is 32.0 Å². The number of amides is 1. The van der Waals surface area contributed by atoms with Crippen molar-refractivity contribution in [1.82, 2.24) is 5.32 Å². The van der Waals surface area contributed by atoms with Crippen LogP contribution in [0.5, 0.6) is 0 Å². The molecule has 0 saturated carbocycles. The van der Waals surface area contributed by atoms with Gasteiger partial charge in [-0.2, -0.15) is 0 Å². The van der Waals surface area contributed by atoms with Crippen molar-refractivity contribution in [2.24, 2.45) is 0 Å². The minimum atomic E-state index is -1.79. The van der Waals surface area contributed by atoms with E-state index in [2.05, 4.69) is 141 Å². The fourth-order valence-electron chi connectivity index (χ4n) is 12.8. The Labute approximate surface area is 609 Å². The second-order valence-corrected chi connectivity index (χ2v) is 28.2. The Morgan fingerprint density at radius 2 is 0.690 bits per heavy atom. The standard InChI is InChI=1S/C86H149NO13/c1-3-5-7-9-11-13-15-17-19-21-23-25-27-29-31-32-33-34-35-36-37-38-39-40-41-42-44-46-48-50-52-54-56-58-60-62-64-66-68-70-78(91)87-74(73-97-85-83(96)81(94)84(77(72-89)99-85)100-86-82(95)80(93)79(92)76(71-88)98-86)75(90)69-67-65-63-61-59-57-55-53-51-49-47-45-43-30-28-26-24-22-20-18-16-14-12-10-8-6-4-2/h5,7,11,13,17,19,23,25,29,31,33-34,36-37,39-40,42,44,48,50,74-77,79-86,88-90,92-96H,3-4,6,8-10,12,14-16,18,20-22,24,26-28,30,32,35,38,41,43,45-47,49,51-73H2,1-2H3,(H,87,91)/b7-5-,13-11-,19-17-,25-23-,31-29-,34-33-,37-36-,40-39-,44-42-,50-48-. The van der Waals surface area contributed by atoms with Gasteiger partial charge in [0.25, 0.3) is 0 Å². The Morgan fingerprint density at radius 3 is 1.06 bits per heavy atom. The van der Waals surface area contributed by atoms with E-state index in [1.807, 2.05) is 0 Å².